The number of carbonyl (C=O) groups is 1. The van der Waals surface area contributed by atoms with Gasteiger partial charge in [-0.3, -0.25) is 4.79 Å². The lowest BCUT2D eigenvalue weighted by molar-refractivity contribution is -0.142. The number of nitrogens with one attached hydrogen (secondary N) is 1. The summed E-state index contributed by atoms with van der Waals surface area (Å²) in [5.41, 5.74) is 5.62. The lowest BCUT2D eigenvalue weighted by atomic mass is 9.95. The molecule has 0 fully saturated rings. The number of hydrogen-bond acceptors (Lipinski definition) is 5. The smallest absolute Gasteiger partial charge is 0.314 e. The second kappa shape index (κ2) is 10.1. The summed E-state index contributed by atoms with van der Waals surface area (Å²) in [6, 6.07) is 12.2. The predicted molar refractivity (Wildman–Crippen MR) is 130 cm³/mol. The molecule has 1 aromatic carbocycles. The van der Waals surface area contributed by atoms with E-state index in [4.69, 9.17) is 9.72 Å². The zero-order valence-electron chi connectivity index (χ0n) is 19.8. The Balaban J connectivity index is 1.98. The van der Waals surface area contributed by atoms with Gasteiger partial charge in [0.25, 0.3) is 0 Å². The van der Waals surface area contributed by atoms with Gasteiger partial charge in [0.1, 0.15) is 10.4 Å². The fourth-order valence-corrected chi connectivity index (χ4v) is 4.38. The van der Waals surface area contributed by atoms with E-state index in [0.29, 0.717) is 19.4 Å². The number of benzene rings is 1. The number of ether oxygens (including phenoxy) is 1. The van der Waals surface area contributed by atoms with E-state index in [2.05, 4.69) is 4.72 Å². The molecule has 32 heavy (non-hydrogen) atoms. The maximum atomic E-state index is 12.9. The Kier molecular flexibility index (Phi) is 7.64. The van der Waals surface area contributed by atoms with E-state index in [1.807, 2.05) is 81.6 Å². The van der Waals surface area contributed by atoms with Crippen molar-refractivity contribution in [2.75, 3.05) is 13.7 Å². The highest BCUT2D eigenvalue weighted by molar-refractivity contribution is 7.90. The number of imidazole rings is 1. The second-order valence-corrected chi connectivity index (χ2v) is 11.2. The van der Waals surface area contributed by atoms with E-state index < -0.39 is 17.3 Å². The Morgan fingerprint density at radius 1 is 1.16 bits per heavy atom. The highest BCUT2D eigenvalue weighted by Crippen LogP contribution is 2.34. The first-order valence-corrected chi connectivity index (χ1v) is 12.1. The van der Waals surface area contributed by atoms with Gasteiger partial charge in [-0.2, -0.15) is 0 Å². The second-order valence-electron chi connectivity index (χ2n) is 9.14. The lowest BCUT2D eigenvalue weighted by Gasteiger charge is -2.24. The van der Waals surface area contributed by atoms with Crippen molar-refractivity contribution in [3.8, 4) is 11.3 Å². The molecule has 3 rings (SSSR count). The Morgan fingerprint density at radius 2 is 1.81 bits per heavy atom. The standard InChI is InChI=1S/C25H33N3O3S/c1-17-9-12-19(13-10-17)22-23(28-16-18(2)11-14-21(28)27-22)20(24(29)31-6)8-7-15-26-32(30)25(3,4)5/h9-14,16,20,26H,7-8,15H2,1-6H3. The summed E-state index contributed by atoms with van der Waals surface area (Å²) >= 11 is -1.15. The monoisotopic (exact) mass is 455 g/mol. The van der Waals surface area contributed by atoms with Crippen LogP contribution in [0, 0.1) is 13.8 Å². The number of aromatic nitrogens is 2. The minimum absolute atomic E-state index is 0.293. The molecule has 3 aromatic rings. The minimum Gasteiger partial charge on any atom is -0.598 e. The highest BCUT2D eigenvalue weighted by atomic mass is 32.2. The molecule has 7 heteroatoms. The highest BCUT2D eigenvalue weighted by Gasteiger charge is 2.30. The topological polar surface area (TPSA) is 78.7 Å². The molecule has 1 N–H and O–H groups in total. The van der Waals surface area contributed by atoms with Crippen LogP contribution in [0.4, 0.5) is 0 Å². The van der Waals surface area contributed by atoms with E-state index in [1.54, 1.807) is 0 Å². The first-order valence-electron chi connectivity index (χ1n) is 10.9. The maximum Gasteiger partial charge on any atom is 0.314 e. The molecule has 0 aliphatic rings. The third-order valence-corrected chi connectivity index (χ3v) is 6.98. The third kappa shape index (κ3) is 5.52. The van der Waals surface area contributed by atoms with E-state index in [9.17, 15) is 9.35 Å². The molecular formula is C25H33N3O3S. The van der Waals surface area contributed by atoms with Crippen molar-refractivity contribution in [1.29, 1.82) is 0 Å². The van der Waals surface area contributed by atoms with Crippen molar-refractivity contribution in [2.24, 2.45) is 0 Å². The molecule has 0 amide bonds. The molecule has 172 valence electrons. The van der Waals surface area contributed by atoms with Crippen LogP contribution in [0.1, 0.15) is 56.4 Å². The summed E-state index contributed by atoms with van der Waals surface area (Å²) < 4.78 is 22.2. The molecule has 0 radical (unpaired) electrons. The Labute approximate surface area is 193 Å². The van der Waals surface area contributed by atoms with Crippen LogP contribution in [-0.4, -0.2) is 38.3 Å². The number of hydrogen-bond donors (Lipinski definition) is 1. The quantitative estimate of drug-likeness (QED) is 0.302. The van der Waals surface area contributed by atoms with Crippen LogP contribution >= 0.6 is 0 Å². The zero-order chi connectivity index (χ0) is 23.5. The number of methoxy groups -OCH3 is 1. The lowest BCUT2D eigenvalue weighted by Crippen LogP contribution is -2.39. The molecular weight excluding hydrogens is 422 g/mol. The van der Waals surface area contributed by atoms with E-state index in [1.165, 1.54) is 7.11 Å². The van der Waals surface area contributed by atoms with Crippen molar-refractivity contribution in [3.05, 3.63) is 59.4 Å². The maximum absolute atomic E-state index is 12.9. The molecule has 0 saturated heterocycles. The van der Waals surface area contributed by atoms with E-state index >= 15 is 0 Å². The van der Waals surface area contributed by atoms with Crippen molar-refractivity contribution in [2.45, 2.75) is 58.1 Å². The number of rotatable bonds is 8. The van der Waals surface area contributed by atoms with Gasteiger partial charge in [0, 0.05) is 29.7 Å². The third-order valence-electron chi connectivity index (χ3n) is 5.40. The molecule has 2 heterocycles. The van der Waals surface area contributed by atoms with Crippen LogP contribution in [0.5, 0.6) is 0 Å². The average Bonchev–Trinajstić information content (AvgIpc) is 3.11. The van der Waals surface area contributed by atoms with Crippen LogP contribution in [0.3, 0.4) is 0 Å². The number of esters is 1. The SMILES string of the molecule is COC(=O)C(CCCN[S+]([O-])C(C)(C)C)c1c(-c2ccc(C)cc2)nc2ccc(C)cn12. The van der Waals surface area contributed by atoms with Crippen LogP contribution in [-0.2, 0) is 20.9 Å². The van der Waals surface area contributed by atoms with Gasteiger partial charge in [-0.25, -0.2) is 4.98 Å². The fraction of sp³-hybridized carbons (Fsp3) is 0.440. The van der Waals surface area contributed by atoms with Gasteiger partial charge in [0.15, 0.2) is 0 Å². The van der Waals surface area contributed by atoms with Gasteiger partial charge in [-0.05, 0) is 59.1 Å². The molecule has 0 aliphatic carbocycles. The Morgan fingerprint density at radius 3 is 2.44 bits per heavy atom. The van der Waals surface area contributed by atoms with Crippen LogP contribution in [0.25, 0.3) is 16.9 Å². The Bertz CT molecular complexity index is 1070. The molecule has 0 bridgehead atoms. The summed E-state index contributed by atoms with van der Waals surface area (Å²) in [7, 11) is 1.42. The van der Waals surface area contributed by atoms with Crippen molar-refractivity contribution < 1.29 is 14.1 Å². The first kappa shape index (κ1) is 24.3. The largest absolute Gasteiger partial charge is 0.598 e. The van der Waals surface area contributed by atoms with E-state index in [-0.39, 0.29) is 10.7 Å². The first-order chi connectivity index (χ1) is 15.1. The van der Waals surface area contributed by atoms with Gasteiger partial charge in [0.05, 0.1) is 24.4 Å². The molecule has 0 aliphatic heterocycles. The molecule has 0 saturated carbocycles. The van der Waals surface area contributed by atoms with Gasteiger partial charge >= 0.3 is 5.97 Å². The number of nitrogens with zero attached hydrogens (tertiary/aromatic N) is 2. The molecule has 6 nitrogen and oxygen atoms in total. The number of pyridine rings is 1. The van der Waals surface area contributed by atoms with Crippen molar-refractivity contribution >= 4 is 23.0 Å². The summed E-state index contributed by atoms with van der Waals surface area (Å²) in [5.74, 6) is -0.781. The van der Waals surface area contributed by atoms with Crippen molar-refractivity contribution in [3.63, 3.8) is 0 Å². The van der Waals surface area contributed by atoms with Gasteiger partial charge in [0.2, 0.25) is 0 Å². The zero-order valence-corrected chi connectivity index (χ0v) is 20.6. The van der Waals surface area contributed by atoms with Crippen LogP contribution in [0.15, 0.2) is 42.6 Å². The molecule has 0 spiro atoms. The summed E-state index contributed by atoms with van der Waals surface area (Å²) in [5, 5.41) is 0. The average molecular weight is 456 g/mol. The van der Waals surface area contributed by atoms with Gasteiger partial charge in [-0.1, -0.05) is 35.9 Å². The summed E-state index contributed by atoms with van der Waals surface area (Å²) in [6.07, 6.45) is 3.24. The molecule has 2 aromatic heterocycles. The summed E-state index contributed by atoms with van der Waals surface area (Å²) in [6.45, 7) is 10.4. The van der Waals surface area contributed by atoms with Gasteiger partial charge in [-0.15, -0.1) is 4.72 Å². The molecule has 2 atom stereocenters. The van der Waals surface area contributed by atoms with Crippen LogP contribution in [0.2, 0.25) is 0 Å². The fourth-order valence-electron chi connectivity index (χ4n) is 3.62. The van der Waals surface area contributed by atoms with Crippen LogP contribution < -0.4 is 4.72 Å². The normalized spacial score (nSPS) is 13.8. The van der Waals surface area contributed by atoms with E-state index in [0.717, 1.165) is 33.7 Å². The predicted octanol–water partition coefficient (Wildman–Crippen LogP) is 4.71. The van der Waals surface area contributed by atoms with Crippen molar-refractivity contribution in [1.82, 2.24) is 14.1 Å². The Hall–Kier alpha value is -2.35. The molecule has 2 unspecified atom stereocenters. The number of aryl methyl sites for hydroxylation is 2. The summed E-state index contributed by atoms with van der Waals surface area (Å²) in [4.78, 5) is 17.8. The number of carbonyl (C=O) groups excluding carboxylic acids is 1. The van der Waals surface area contributed by atoms with Gasteiger partial charge < -0.3 is 13.7 Å². The minimum atomic E-state index is -1.15. The number of fused-ring (bicyclic) bond motifs is 1.